The molecule has 4 nitrogen and oxygen atoms in total. The van der Waals surface area contributed by atoms with Crippen LogP contribution in [0.25, 0.3) is 0 Å². The van der Waals surface area contributed by atoms with Gasteiger partial charge in [-0.2, -0.15) is 0 Å². The Morgan fingerprint density at radius 2 is 1.75 bits per heavy atom. The monoisotopic (exact) mass is 277 g/mol. The molecule has 1 amide bonds. The molecule has 4 heteroatoms. The van der Waals surface area contributed by atoms with E-state index in [1.165, 1.54) is 0 Å². The molecule has 1 N–H and O–H groups in total. The molecule has 1 unspecified atom stereocenters. The predicted octanol–water partition coefficient (Wildman–Crippen LogP) is 3.34. The normalized spacial score (nSPS) is 12.7. The zero-order chi connectivity index (χ0) is 15.3. The number of ether oxygens (including phenoxy) is 1. The first-order chi connectivity index (χ1) is 9.17. The van der Waals surface area contributed by atoms with E-state index in [9.17, 15) is 9.59 Å². The van der Waals surface area contributed by atoms with E-state index in [4.69, 9.17) is 4.74 Å². The molecular weight excluding hydrogens is 254 g/mol. The molecule has 0 aliphatic carbocycles. The van der Waals surface area contributed by atoms with Crippen LogP contribution in [-0.4, -0.2) is 23.5 Å². The number of rotatable bonds is 4. The zero-order valence-corrected chi connectivity index (χ0v) is 12.8. The predicted molar refractivity (Wildman–Crippen MR) is 79.0 cm³/mol. The number of carbonyl (C=O) groups excluding carboxylic acids is 2. The Morgan fingerprint density at radius 3 is 2.20 bits per heavy atom. The Kier molecular flexibility index (Phi) is 5.31. The van der Waals surface area contributed by atoms with E-state index in [2.05, 4.69) is 5.32 Å². The quantitative estimate of drug-likeness (QED) is 0.859. The fourth-order valence-electron chi connectivity index (χ4n) is 1.79. The average molecular weight is 277 g/mol. The number of nitrogens with one attached hydrogen (secondary N) is 1. The highest BCUT2D eigenvalue weighted by Gasteiger charge is 2.17. The van der Waals surface area contributed by atoms with Gasteiger partial charge in [0.25, 0.3) is 0 Å². The third kappa shape index (κ3) is 5.87. The number of Topliss-reactive ketones (excluding diaryl/α,β-unsaturated/α-hetero) is 1. The average Bonchev–Trinajstić information content (AvgIpc) is 2.26. The molecule has 20 heavy (non-hydrogen) atoms. The van der Waals surface area contributed by atoms with Gasteiger partial charge in [-0.3, -0.25) is 4.79 Å². The molecule has 0 radical (unpaired) electrons. The van der Waals surface area contributed by atoms with E-state index in [1.54, 1.807) is 19.1 Å². The molecule has 0 fully saturated rings. The number of alkyl carbamates (subject to hydrolysis) is 1. The van der Waals surface area contributed by atoms with Gasteiger partial charge in [0.2, 0.25) is 0 Å². The Bertz CT molecular complexity index is 471. The molecule has 0 saturated heterocycles. The van der Waals surface area contributed by atoms with Gasteiger partial charge < -0.3 is 10.1 Å². The van der Waals surface area contributed by atoms with Crippen LogP contribution in [0.1, 0.15) is 50.5 Å². The highest BCUT2D eigenvalue weighted by molar-refractivity contribution is 5.94. The Hall–Kier alpha value is -1.84. The van der Waals surface area contributed by atoms with E-state index in [0.29, 0.717) is 12.0 Å². The summed E-state index contributed by atoms with van der Waals surface area (Å²) in [6, 6.07) is 7.39. The van der Waals surface area contributed by atoms with Crippen molar-refractivity contribution in [3.8, 4) is 0 Å². The molecule has 1 aromatic rings. The highest BCUT2D eigenvalue weighted by atomic mass is 16.6. The van der Waals surface area contributed by atoms with Crippen LogP contribution in [0.3, 0.4) is 0 Å². The molecule has 1 atom stereocenters. The smallest absolute Gasteiger partial charge is 0.407 e. The van der Waals surface area contributed by atoms with Crippen molar-refractivity contribution >= 4 is 11.9 Å². The first-order valence-electron chi connectivity index (χ1n) is 6.77. The Balaban J connectivity index is 2.52. The number of ketones is 1. The summed E-state index contributed by atoms with van der Waals surface area (Å²) in [6.45, 7) is 8.96. The molecule has 0 aliphatic heterocycles. The van der Waals surface area contributed by atoms with E-state index in [0.717, 1.165) is 5.56 Å². The van der Waals surface area contributed by atoms with Crippen molar-refractivity contribution in [1.29, 1.82) is 0 Å². The van der Waals surface area contributed by atoms with E-state index in [-0.39, 0.29) is 11.8 Å². The molecule has 0 bridgehead atoms. The topological polar surface area (TPSA) is 55.4 Å². The minimum absolute atomic E-state index is 0.0342. The minimum atomic E-state index is -0.493. The van der Waals surface area contributed by atoms with Gasteiger partial charge in [-0.05, 0) is 46.6 Å². The third-order valence-electron chi connectivity index (χ3n) is 2.67. The molecule has 1 aromatic carbocycles. The van der Waals surface area contributed by atoms with Gasteiger partial charge >= 0.3 is 6.09 Å². The van der Waals surface area contributed by atoms with Crippen LogP contribution >= 0.6 is 0 Å². The van der Waals surface area contributed by atoms with Crippen molar-refractivity contribution in [2.24, 2.45) is 0 Å². The Morgan fingerprint density at radius 1 is 1.20 bits per heavy atom. The molecule has 0 spiro atoms. The molecule has 110 valence electrons. The van der Waals surface area contributed by atoms with Gasteiger partial charge in [-0.15, -0.1) is 0 Å². The van der Waals surface area contributed by atoms with Gasteiger partial charge in [0.05, 0.1) is 0 Å². The van der Waals surface area contributed by atoms with Crippen LogP contribution in [-0.2, 0) is 11.2 Å². The van der Waals surface area contributed by atoms with Gasteiger partial charge in [0.1, 0.15) is 5.60 Å². The molecule has 0 heterocycles. The van der Waals surface area contributed by atoms with Gasteiger partial charge in [0, 0.05) is 11.6 Å². The van der Waals surface area contributed by atoms with E-state index >= 15 is 0 Å². The third-order valence-corrected chi connectivity index (χ3v) is 2.67. The van der Waals surface area contributed by atoms with Crippen LogP contribution in [0.15, 0.2) is 24.3 Å². The molecule has 0 aliphatic rings. The summed E-state index contributed by atoms with van der Waals surface area (Å²) in [5.74, 6) is 0.0523. The fraction of sp³-hybridized carbons (Fsp3) is 0.500. The maximum atomic E-state index is 11.6. The van der Waals surface area contributed by atoms with Gasteiger partial charge in [0.15, 0.2) is 5.78 Å². The lowest BCUT2D eigenvalue weighted by Gasteiger charge is -2.22. The summed E-state index contributed by atoms with van der Waals surface area (Å²) in [6.07, 6.45) is 0.280. The zero-order valence-electron chi connectivity index (χ0n) is 12.8. The minimum Gasteiger partial charge on any atom is -0.444 e. The molecule has 1 rings (SSSR count). The summed E-state index contributed by atoms with van der Waals surface area (Å²) >= 11 is 0. The van der Waals surface area contributed by atoms with Crippen LogP contribution in [0.4, 0.5) is 4.79 Å². The second-order valence-electron chi connectivity index (χ2n) is 6.00. The number of benzene rings is 1. The highest BCUT2D eigenvalue weighted by Crippen LogP contribution is 2.09. The van der Waals surface area contributed by atoms with Crippen LogP contribution in [0, 0.1) is 0 Å². The van der Waals surface area contributed by atoms with Crippen molar-refractivity contribution in [3.05, 3.63) is 35.4 Å². The van der Waals surface area contributed by atoms with Gasteiger partial charge in [-0.25, -0.2) is 4.79 Å². The van der Waals surface area contributed by atoms with Crippen molar-refractivity contribution in [3.63, 3.8) is 0 Å². The SMILES string of the molecule is CC(=O)c1ccc(CC(C)NC(=O)OC(C)(C)C)cc1. The van der Waals surface area contributed by atoms with E-state index < -0.39 is 11.7 Å². The van der Waals surface area contributed by atoms with Crippen LogP contribution in [0.2, 0.25) is 0 Å². The summed E-state index contributed by atoms with van der Waals surface area (Å²) in [5, 5.41) is 2.79. The summed E-state index contributed by atoms with van der Waals surface area (Å²) in [4.78, 5) is 22.8. The first kappa shape index (κ1) is 16.2. The number of amides is 1. The van der Waals surface area contributed by atoms with Crippen molar-refractivity contribution in [1.82, 2.24) is 5.32 Å². The Labute approximate surface area is 120 Å². The number of hydrogen-bond acceptors (Lipinski definition) is 3. The number of carbonyl (C=O) groups is 2. The first-order valence-corrected chi connectivity index (χ1v) is 6.77. The number of hydrogen-bond donors (Lipinski definition) is 1. The fourth-order valence-corrected chi connectivity index (χ4v) is 1.79. The summed E-state index contributed by atoms with van der Waals surface area (Å²) < 4.78 is 5.20. The lowest BCUT2D eigenvalue weighted by Crippen LogP contribution is -2.38. The largest absolute Gasteiger partial charge is 0.444 e. The maximum Gasteiger partial charge on any atom is 0.407 e. The lowest BCUT2D eigenvalue weighted by atomic mass is 10.0. The van der Waals surface area contributed by atoms with Crippen molar-refractivity contribution < 1.29 is 14.3 Å². The summed E-state index contributed by atoms with van der Waals surface area (Å²) in [5.41, 5.74) is 1.27. The molecule has 0 saturated carbocycles. The summed E-state index contributed by atoms with van der Waals surface area (Å²) in [7, 11) is 0. The standard InChI is InChI=1S/C16H23NO3/c1-11(17-15(19)20-16(3,4)5)10-13-6-8-14(9-7-13)12(2)18/h6-9,11H,10H2,1-5H3,(H,17,19). The van der Waals surface area contributed by atoms with Gasteiger partial charge in [-0.1, -0.05) is 24.3 Å². The lowest BCUT2D eigenvalue weighted by molar-refractivity contribution is 0.0508. The maximum absolute atomic E-state index is 11.6. The second kappa shape index (κ2) is 6.55. The second-order valence-corrected chi connectivity index (χ2v) is 6.00. The van der Waals surface area contributed by atoms with Crippen molar-refractivity contribution in [2.75, 3.05) is 0 Å². The molecular formula is C16H23NO3. The van der Waals surface area contributed by atoms with Crippen molar-refractivity contribution in [2.45, 2.75) is 52.7 Å². The van der Waals surface area contributed by atoms with E-state index in [1.807, 2.05) is 39.8 Å². The van der Waals surface area contributed by atoms with Crippen LogP contribution in [0.5, 0.6) is 0 Å². The van der Waals surface area contributed by atoms with Crippen LogP contribution < -0.4 is 5.32 Å². The molecule has 0 aromatic heterocycles.